The first-order valence-electron chi connectivity index (χ1n) is 6.76. The molecule has 3 rings (SSSR count). The van der Waals surface area contributed by atoms with Crippen LogP contribution in [0.1, 0.15) is 26.1 Å². The topological polar surface area (TPSA) is 66.1 Å². The predicted octanol–water partition coefficient (Wildman–Crippen LogP) is 1.89. The first kappa shape index (κ1) is 12.8. The number of benzene rings is 1. The Balaban J connectivity index is 1.73. The van der Waals surface area contributed by atoms with E-state index in [2.05, 4.69) is 9.97 Å². The van der Waals surface area contributed by atoms with E-state index in [1.54, 1.807) is 0 Å². The van der Waals surface area contributed by atoms with E-state index in [1.165, 1.54) is 4.90 Å². The first-order valence-corrected chi connectivity index (χ1v) is 6.76. The zero-order valence-corrected chi connectivity index (χ0v) is 11.6. The summed E-state index contributed by atoms with van der Waals surface area (Å²) in [6.45, 7) is 4.02. The Morgan fingerprint density at radius 3 is 2.70 bits per heavy atom. The van der Waals surface area contributed by atoms with Crippen molar-refractivity contribution in [1.82, 2.24) is 14.9 Å². The van der Waals surface area contributed by atoms with Gasteiger partial charge in [0.15, 0.2) is 0 Å². The third-order valence-electron chi connectivity index (χ3n) is 3.73. The summed E-state index contributed by atoms with van der Waals surface area (Å²) >= 11 is 0. The summed E-state index contributed by atoms with van der Waals surface area (Å²) in [5.74, 6) is 0.631. The molecule has 1 aliphatic rings. The van der Waals surface area contributed by atoms with Crippen molar-refractivity contribution in [3.8, 4) is 0 Å². The summed E-state index contributed by atoms with van der Waals surface area (Å²) in [4.78, 5) is 33.0. The van der Waals surface area contributed by atoms with Gasteiger partial charge in [-0.3, -0.25) is 14.5 Å². The second kappa shape index (κ2) is 4.44. The smallest absolute Gasteiger partial charge is 0.235 e. The van der Waals surface area contributed by atoms with Crippen molar-refractivity contribution in [2.45, 2.75) is 26.7 Å². The molecule has 0 aliphatic carbocycles. The molecule has 0 unspecified atom stereocenters. The van der Waals surface area contributed by atoms with E-state index in [1.807, 2.05) is 38.1 Å². The molecule has 1 aliphatic heterocycles. The van der Waals surface area contributed by atoms with Crippen molar-refractivity contribution in [1.29, 1.82) is 0 Å². The summed E-state index contributed by atoms with van der Waals surface area (Å²) < 4.78 is 0. The molecule has 0 saturated carbocycles. The minimum atomic E-state index is -0.565. The van der Waals surface area contributed by atoms with Gasteiger partial charge in [0.1, 0.15) is 5.82 Å². The number of H-pyrrole nitrogens is 1. The molecule has 5 nitrogen and oxygen atoms in total. The minimum Gasteiger partial charge on any atom is -0.342 e. The van der Waals surface area contributed by atoms with Crippen LogP contribution >= 0.6 is 0 Å². The Labute approximate surface area is 117 Å². The van der Waals surface area contributed by atoms with Gasteiger partial charge in [-0.25, -0.2) is 4.98 Å². The zero-order valence-electron chi connectivity index (χ0n) is 11.6. The number of rotatable bonds is 3. The standard InChI is InChI=1S/C15H17N3O2/c1-15(2)9-13(19)18(14(15)20)8-7-12-16-10-5-3-4-6-11(10)17-12/h3-6H,7-9H2,1-2H3,(H,16,17). The van der Waals surface area contributed by atoms with Crippen LogP contribution in [0.2, 0.25) is 0 Å². The number of imidazole rings is 1. The van der Waals surface area contributed by atoms with Crippen LogP contribution in [0.5, 0.6) is 0 Å². The van der Waals surface area contributed by atoms with Gasteiger partial charge in [0.2, 0.25) is 11.8 Å². The summed E-state index contributed by atoms with van der Waals surface area (Å²) in [5.41, 5.74) is 1.31. The lowest BCUT2D eigenvalue weighted by Crippen LogP contribution is -2.34. The van der Waals surface area contributed by atoms with Gasteiger partial charge in [-0.15, -0.1) is 0 Å². The van der Waals surface area contributed by atoms with Gasteiger partial charge in [-0.05, 0) is 12.1 Å². The third-order valence-corrected chi connectivity index (χ3v) is 3.73. The molecule has 0 spiro atoms. The molecular formula is C15H17N3O2. The number of carbonyl (C=O) groups excluding carboxylic acids is 2. The monoisotopic (exact) mass is 271 g/mol. The fourth-order valence-corrected chi connectivity index (χ4v) is 2.60. The Morgan fingerprint density at radius 2 is 2.05 bits per heavy atom. The van der Waals surface area contributed by atoms with E-state index in [0.717, 1.165) is 16.9 Å². The van der Waals surface area contributed by atoms with Gasteiger partial charge in [-0.1, -0.05) is 26.0 Å². The Hall–Kier alpha value is -2.17. The van der Waals surface area contributed by atoms with Crippen LogP contribution < -0.4 is 0 Å². The van der Waals surface area contributed by atoms with Crippen molar-refractivity contribution in [3.05, 3.63) is 30.1 Å². The van der Waals surface area contributed by atoms with Gasteiger partial charge >= 0.3 is 0 Å². The van der Waals surface area contributed by atoms with Crippen LogP contribution in [0.3, 0.4) is 0 Å². The summed E-state index contributed by atoms with van der Waals surface area (Å²) in [6, 6.07) is 7.77. The fourth-order valence-electron chi connectivity index (χ4n) is 2.60. The molecule has 2 aromatic rings. The van der Waals surface area contributed by atoms with Crippen molar-refractivity contribution in [2.75, 3.05) is 6.54 Å². The average Bonchev–Trinajstić information content (AvgIpc) is 2.87. The Kier molecular flexibility index (Phi) is 2.85. The van der Waals surface area contributed by atoms with Crippen molar-refractivity contribution >= 4 is 22.8 Å². The van der Waals surface area contributed by atoms with Crippen LogP contribution in [0.4, 0.5) is 0 Å². The molecule has 20 heavy (non-hydrogen) atoms. The van der Waals surface area contributed by atoms with Crippen molar-refractivity contribution < 1.29 is 9.59 Å². The van der Waals surface area contributed by atoms with E-state index in [9.17, 15) is 9.59 Å². The number of amides is 2. The molecule has 0 atom stereocenters. The lowest BCUT2D eigenvalue weighted by molar-refractivity contribution is -0.140. The van der Waals surface area contributed by atoms with Gasteiger partial charge in [-0.2, -0.15) is 0 Å². The minimum absolute atomic E-state index is 0.0846. The van der Waals surface area contributed by atoms with Crippen molar-refractivity contribution in [3.63, 3.8) is 0 Å². The SMILES string of the molecule is CC1(C)CC(=O)N(CCc2nc3ccccc3[nH]2)C1=O. The van der Waals surface area contributed by atoms with E-state index in [0.29, 0.717) is 19.4 Å². The van der Waals surface area contributed by atoms with Crippen molar-refractivity contribution in [2.24, 2.45) is 5.41 Å². The highest BCUT2D eigenvalue weighted by atomic mass is 16.2. The Morgan fingerprint density at radius 1 is 1.30 bits per heavy atom. The van der Waals surface area contributed by atoms with E-state index in [4.69, 9.17) is 0 Å². The molecular weight excluding hydrogens is 254 g/mol. The molecule has 1 aromatic carbocycles. The van der Waals surface area contributed by atoms with Crippen LogP contribution in [-0.4, -0.2) is 33.2 Å². The highest BCUT2D eigenvalue weighted by Gasteiger charge is 2.44. The lowest BCUT2D eigenvalue weighted by atomic mass is 9.92. The van der Waals surface area contributed by atoms with Crippen LogP contribution in [0.25, 0.3) is 11.0 Å². The quantitative estimate of drug-likeness (QED) is 0.867. The van der Waals surface area contributed by atoms with Crippen LogP contribution in [0, 0.1) is 5.41 Å². The maximum absolute atomic E-state index is 12.1. The van der Waals surface area contributed by atoms with E-state index in [-0.39, 0.29) is 11.8 Å². The first-order chi connectivity index (χ1) is 9.47. The van der Waals surface area contributed by atoms with E-state index >= 15 is 0 Å². The molecule has 2 amide bonds. The Bertz CT molecular complexity index is 654. The number of nitrogens with zero attached hydrogens (tertiary/aromatic N) is 2. The lowest BCUT2D eigenvalue weighted by Gasteiger charge is -2.17. The maximum Gasteiger partial charge on any atom is 0.235 e. The predicted molar refractivity (Wildman–Crippen MR) is 74.9 cm³/mol. The molecule has 5 heteroatoms. The number of carbonyl (C=O) groups is 2. The number of likely N-dealkylation sites (tertiary alicyclic amines) is 1. The zero-order chi connectivity index (χ0) is 14.3. The molecule has 1 aromatic heterocycles. The summed E-state index contributed by atoms with van der Waals surface area (Å²) in [5, 5.41) is 0. The van der Waals surface area contributed by atoms with Crippen LogP contribution in [-0.2, 0) is 16.0 Å². The fraction of sp³-hybridized carbons (Fsp3) is 0.400. The van der Waals surface area contributed by atoms with Gasteiger partial charge < -0.3 is 4.98 Å². The molecule has 0 bridgehead atoms. The highest BCUT2D eigenvalue weighted by Crippen LogP contribution is 2.31. The number of aromatic amines is 1. The molecule has 0 radical (unpaired) electrons. The molecule has 1 fully saturated rings. The second-order valence-corrected chi connectivity index (χ2v) is 5.86. The van der Waals surface area contributed by atoms with Gasteiger partial charge in [0, 0.05) is 19.4 Å². The second-order valence-electron chi connectivity index (χ2n) is 5.86. The van der Waals surface area contributed by atoms with Crippen LogP contribution in [0.15, 0.2) is 24.3 Å². The average molecular weight is 271 g/mol. The molecule has 2 heterocycles. The van der Waals surface area contributed by atoms with Gasteiger partial charge in [0.05, 0.1) is 16.4 Å². The maximum atomic E-state index is 12.1. The largest absolute Gasteiger partial charge is 0.342 e. The number of para-hydroxylation sites is 2. The number of aromatic nitrogens is 2. The molecule has 104 valence electrons. The number of fused-ring (bicyclic) bond motifs is 1. The number of nitrogens with one attached hydrogen (secondary N) is 1. The summed E-state index contributed by atoms with van der Waals surface area (Å²) in [6.07, 6.45) is 0.855. The van der Waals surface area contributed by atoms with Gasteiger partial charge in [0.25, 0.3) is 0 Å². The summed E-state index contributed by atoms with van der Waals surface area (Å²) in [7, 11) is 0. The number of hydrogen-bond donors (Lipinski definition) is 1. The third kappa shape index (κ3) is 2.09. The number of hydrogen-bond acceptors (Lipinski definition) is 3. The normalized spacial score (nSPS) is 18.2. The molecule has 1 N–H and O–H groups in total. The van der Waals surface area contributed by atoms with E-state index < -0.39 is 5.41 Å². The number of imide groups is 1. The molecule has 1 saturated heterocycles. The highest BCUT2D eigenvalue weighted by molar-refractivity contribution is 6.05.